The van der Waals surface area contributed by atoms with E-state index in [-0.39, 0.29) is 10.7 Å². The maximum atomic E-state index is 12.3. The molecule has 0 bridgehead atoms. The fraction of sp³-hybridized carbons (Fsp3) is 0.538. The van der Waals surface area contributed by atoms with E-state index in [0.717, 1.165) is 12.0 Å². The smallest absolute Gasteiger partial charge is 0.207 e. The van der Waals surface area contributed by atoms with Gasteiger partial charge in [0.25, 0.3) is 0 Å². The van der Waals surface area contributed by atoms with E-state index in [1.165, 1.54) is 4.31 Å². The molecule has 0 heterocycles. The summed E-state index contributed by atoms with van der Waals surface area (Å²) in [6.07, 6.45) is 0.895. The molecule has 1 rings (SSSR count). The van der Waals surface area contributed by atoms with Crippen molar-refractivity contribution < 1.29 is 8.42 Å². The van der Waals surface area contributed by atoms with Gasteiger partial charge in [0.15, 0.2) is 0 Å². The van der Waals surface area contributed by atoms with Crippen LogP contribution in [0.1, 0.15) is 31.7 Å². The highest BCUT2D eigenvalue weighted by Gasteiger charge is 2.26. The molecular weight excluding hydrogens is 314 g/mol. The Hall–Kier alpha value is -0.390. The van der Waals surface area contributed by atoms with E-state index >= 15 is 0 Å². The Kier molecular flexibility index (Phi) is 5.37. The molecule has 0 aliphatic carbocycles. The third kappa shape index (κ3) is 3.13. The molecule has 0 aliphatic rings. The van der Waals surface area contributed by atoms with Crippen molar-refractivity contribution in [2.24, 2.45) is 0 Å². The molecule has 1 aromatic carbocycles. The Labute approximate surface area is 118 Å². The molecule has 2 atom stereocenters. The van der Waals surface area contributed by atoms with Crippen LogP contribution in [0.3, 0.4) is 0 Å². The van der Waals surface area contributed by atoms with Crippen molar-refractivity contribution in [3.8, 4) is 0 Å². The second kappa shape index (κ2) is 6.17. The molecule has 5 heteroatoms. The lowest BCUT2D eigenvalue weighted by Gasteiger charge is -2.22. The lowest BCUT2D eigenvalue weighted by molar-refractivity contribution is 0.517. The van der Waals surface area contributed by atoms with Crippen LogP contribution in [0.15, 0.2) is 29.2 Å². The average Bonchev–Trinajstić information content (AvgIpc) is 2.29. The number of rotatable bonds is 5. The number of alkyl halides is 1. The van der Waals surface area contributed by atoms with E-state index in [1.807, 2.05) is 19.1 Å². The van der Waals surface area contributed by atoms with Crippen LogP contribution >= 0.6 is 15.9 Å². The maximum Gasteiger partial charge on any atom is 0.242 e. The number of halogens is 1. The van der Waals surface area contributed by atoms with Gasteiger partial charge in [0.05, 0.1) is 4.90 Å². The van der Waals surface area contributed by atoms with Crippen molar-refractivity contribution in [1.29, 1.82) is 0 Å². The van der Waals surface area contributed by atoms with Crippen LogP contribution < -0.4 is 0 Å². The Morgan fingerprint density at radius 2 is 1.83 bits per heavy atom. The van der Waals surface area contributed by atoms with E-state index in [0.29, 0.717) is 4.90 Å². The Morgan fingerprint density at radius 1 is 1.28 bits per heavy atom. The van der Waals surface area contributed by atoms with E-state index in [4.69, 9.17) is 0 Å². The minimum Gasteiger partial charge on any atom is -0.207 e. The lowest BCUT2D eigenvalue weighted by Crippen LogP contribution is -2.24. The fourth-order valence-corrected chi connectivity index (χ4v) is 3.83. The molecule has 3 nitrogen and oxygen atoms in total. The number of hydrogen-bond donors (Lipinski definition) is 0. The van der Waals surface area contributed by atoms with Gasteiger partial charge in [-0.1, -0.05) is 48.0 Å². The van der Waals surface area contributed by atoms with E-state index in [2.05, 4.69) is 22.9 Å². The SMILES string of the molecule is CCC(c1ccccc1S(=O)(=O)N(C)C)C(C)Br. The van der Waals surface area contributed by atoms with E-state index in [9.17, 15) is 8.42 Å². The number of hydrogen-bond acceptors (Lipinski definition) is 2. The van der Waals surface area contributed by atoms with Crippen LogP contribution in [0.2, 0.25) is 0 Å². The van der Waals surface area contributed by atoms with E-state index < -0.39 is 10.0 Å². The van der Waals surface area contributed by atoms with Gasteiger partial charge in [0, 0.05) is 18.9 Å². The second-order valence-electron chi connectivity index (χ2n) is 4.52. The van der Waals surface area contributed by atoms with Crippen molar-refractivity contribution in [1.82, 2.24) is 4.31 Å². The molecule has 0 aromatic heterocycles. The van der Waals surface area contributed by atoms with Crippen molar-refractivity contribution in [2.75, 3.05) is 14.1 Å². The number of nitrogens with zero attached hydrogens (tertiary/aromatic N) is 1. The predicted octanol–water partition coefficient (Wildman–Crippen LogP) is 3.21. The summed E-state index contributed by atoms with van der Waals surface area (Å²) >= 11 is 3.57. The van der Waals surface area contributed by atoms with Gasteiger partial charge in [0.1, 0.15) is 0 Å². The minimum absolute atomic E-state index is 0.191. The zero-order valence-corrected chi connectivity index (χ0v) is 13.6. The molecule has 0 saturated heterocycles. The molecule has 0 amide bonds. The van der Waals surface area contributed by atoms with Gasteiger partial charge in [-0.05, 0) is 24.0 Å². The molecule has 102 valence electrons. The summed E-state index contributed by atoms with van der Waals surface area (Å²) in [5.74, 6) is 0.191. The first kappa shape index (κ1) is 15.7. The lowest BCUT2D eigenvalue weighted by atomic mass is 9.94. The second-order valence-corrected chi connectivity index (χ2v) is 8.08. The highest BCUT2D eigenvalue weighted by atomic mass is 79.9. The monoisotopic (exact) mass is 333 g/mol. The van der Waals surface area contributed by atoms with E-state index in [1.54, 1.807) is 26.2 Å². The average molecular weight is 334 g/mol. The summed E-state index contributed by atoms with van der Waals surface area (Å²) in [7, 11) is -0.263. The van der Waals surface area contributed by atoms with Gasteiger partial charge in [-0.25, -0.2) is 12.7 Å². The normalized spacial score (nSPS) is 15.7. The number of benzene rings is 1. The zero-order chi connectivity index (χ0) is 13.9. The molecule has 0 saturated carbocycles. The van der Waals surface area contributed by atoms with Gasteiger partial charge in [-0.3, -0.25) is 0 Å². The summed E-state index contributed by atoms with van der Waals surface area (Å²) < 4.78 is 25.9. The van der Waals surface area contributed by atoms with Gasteiger partial charge in [-0.15, -0.1) is 0 Å². The quantitative estimate of drug-likeness (QED) is 0.776. The molecular formula is C13H20BrNO2S. The third-order valence-electron chi connectivity index (χ3n) is 3.07. The van der Waals surface area contributed by atoms with Crippen molar-refractivity contribution in [3.05, 3.63) is 29.8 Å². The van der Waals surface area contributed by atoms with Gasteiger partial charge >= 0.3 is 0 Å². The van der Waals surface area contributed by atoms with Crippen LogP contribution in [0.4, 0.5) is 0 Å². The predicted molar refractivity (Wildman–Crippen MR) is 78.7 cm³/mol. The maximum absolute atomic E-state index is 12.3. The molecule has 0 fully saturated rings. The Bertz CT molecular complexity index is 497. The summed E-state index contributed by atoms with van der Waals surface area (Å²) in [5.41, 5.74) is 0.887. The first-order valence-corrected chi connectivity index (χ1v) is 8.33. The first-order valence-electron chi connectivity index (χ1n) is 5.97. The van der Waals surface area contributed by atoms with Crippen molar-refractivity contribution >= 4 is 26.0 Å². The molecule has 0 aliphatic heterocycles. The largest absolute Gasteiger partial charge is 0.242 e. The van der Waals surface area contributed by atoms with Crippen molar-refractivity contribution in [2.45, 2.75) is 35.9 Å². The molecule has 0 N–H and O–H groups in total. The van der Waals surface area contributed by atoms with Gasteiger partial charge in [0.2, 0.25) is 10.0 Å². The summed E-state index contributed by atoms with van der Waals surface area (Å²) in [6.45, 7) is 4.12. The molecule has 0 spiro atoms. The van der Waals surface area contributed by atoms with Gasteiger partial charge in [-0.2, -0.15) is 0 Å². The Morgan fingerprint density at radius 3 is 2.28 bits per heavy atom. The minimum atomic E-state index is -3.38. The van der Waals surface area contributed by atoms with Gasteiger partial charge < -0.3 is 0 Å². The van der Waals surface area contributed by atoms with Crippen LogP contribution in [0.5, 0.6) is 0 Å². The summed E-state index contributed by atoms with van der Waals surface area (Å²) in [5, 5.41) is 0. The molecule has 18 heavy (non-hydrogen) atoms. The van der Waals surface area contributed by atoms with Crippen LogP contribution in [-0.2, 0) is 10.0 Å². The first-order chi connectivity index (χ1) is 8.32. The topological polar surface area (TPSA) is 37.4 Å². The fourth-order valence-electron chi connectivity index (χ4n) is 2.01. The third-order valence-corrected chi connectivity index (χ3v) is 5.60. The van der Waals surface area contributed by atoms with Crippen molar-refractivity contribution in [3.63, 3.8) is 0 Å². The van der Waals surface area contributed by atoms with Crippen LogP contribution in [0.25, 0.3) is 0 Å². The zero-order valence-electron chi connectivity index (χ0n) is 11.2. The standard InChI is InChI=1S/C13H20BrNO2S/c1-5-11(10(2)14)12-8-6-7-9-13(12)18(16,17)15(3)4/h6-11H,5H2,1-4H3. The summed E-state index contributed by atoms with van der Waals surface area (Å²) in [4.78, 5) is 0.647. The number of sulfonamides is 1. The van der Waals surface area contributed by atoms with Crippen LogP contribution in [-0.4, -0.2) is 31.6 Å². The Balaban J connectivity index is 3.40. The molecule has 2 unspecified atom stereocenters. The van der Waals surface area contributed by atoms with Crippen LogP contribution in [0, 0.1) is 0 Å². The summed E-state index contributed by atoms with van der Waals surface area (Å²) in [6, 6.07) is 7.25. The highest BCUT2D eigenvalue weighted by Crippen LogP contribution is 2.33. The highest BCUT2D eigenvalue weighted by molar-refractivity contribution is 9.09. The molecule has 1 aromatic rings. The molecule has 0 radical (unpaired) electrons.